The summed E-state index contributed by atoms with van der Waals surface area (Å²) in [5.74, 6) is -0.536. The van der Waals surface area contributed by atoms with E-state index in [0.29, 0.717) is 32.0 Å². The molecule has 3 rings (SSSR count). The zero-order chi connectivity index (χ0) is 17.0. The molecule has 2 saturated heterocycles. The highest BCUT2D eigenvalue weighted by molar-refractivity contribution is 5.89. The van der Waals surface area contributed by atoms with Gasteiger partial charge in [0.05, 0.1) is 19.8 Å². The molecule has 0 bridgehead atoms. The molecule has 2 aliphatic rings. The van der Waals surface area contributed by atoms with Crippen LogP contribution < -0.4 is 10.6 Å². The van der Waals surface area contributed by atoms with E-state index < -0.39 is 5.79 Å². The Morgan fingerprint density at radius 1 is 1.17 bits per heavy atom. The number of anilines is 2. The first-order chi connectivity index (χ1) is 11.6. The SMILES string of the molecule is CC(=O)Nc1cccc(NCC(=O)N2CCC3(CC2)OCCO3)c1. The average molecular weight is 333 g/mol. The highest BCUT2D eigenvalue weighted by Crippen LogP contribution is 2.31. The van der Waals surface area contributed by atoms with Crippen molar-refractivity contribution >= 4 is 23.2 Å². The van der Waals surface area contributed by atoms with E-state index in [0.717, 1.165) is 18.5 Å². The lowest BCUT2D eigenvalue weighted by Crippen LogP contribution is -2.48. The lowest BCUT2D eigenvalue weighted by atomic mass is 10.0. The van der Waals surface area contributed by atoms with Crippen LogP contribution in [0, 0.1) is 0 Å². The average Bonchev–Trinajstić information content (AvgIpc) is 3.01. The minimum absolute atomic E-state index is 0.0489. The smallest absolute Gasteiger partial charge is 0.241 e. The van der Waals surface area contributed by atoms with Crippen molar-refractivity contribution in [1.29, 1.82) is 0 Å². The standard InChI is InChI=1S/C17H23N3O4/c1-13(21)19-15-4-2-3-14(11-15)18-12-16(22)20-7-5-17(6-8-20)23-9-10-24-17/h2-4,11,18H,5-10,12H2,1H3,(H,19,21). The summed E-state index contributed by atoms with van der Waals surface area (Å²) in [6.45, 7) is 4.25. The first-order valence-electron chi connectivity index (χ1n) is 8.24. The Bertz CT molecular complexity index is 604. The molecule has 2 fully saturated rings. The van der Waals surface area contributed by atoms with E-state index in [1.165, 1.54) is 6.92 Å². The molecule has 130 valence electrons. The Labute approximate surface area is 141 Å². The van der Waals surface area contributed by atoms with E-state index >= 15 is 0 Å². The van der Waals surface area contributed by atoms with Gasteiger partial charge in [0.25, 0.3) is 0 Å². The number of likely N-dealkylation sites (tertiary alicyclic amines) is 1. The first kappa shape index (κ1) is 16.7. The molecular formula is C17H23N3O4. The van der Waals surface area contributed by atoms with Crippen LogP contribution in [0.25, 0.3) is 0 Å². The van der Waals surface area contributed by atoms with Gasteiger partial charge in [-0.25, -0.2) is 0 Å². The maximum Gasteiger partial charge on any atom is 0.241 e. The van der Waals surface area contributed by atoms with Gasteiger partial charge in [0, 0.05) is 44.2 Å². The molecule has 2 heterocycles. The summed E-state index contributed by atoms with van der Waals surface area (Å²) in [4.78, 5) is 25.3. The number of amides is 2. The van der Waals surface area contributed by atoms with Crippen molar-refractivity contribution in [2.75, 3.05) is 43.5 Å². The van der Waals surface area contributed by atoms with Crippen molar-refractivity contribution in [2.45, 2.75) is 25.6 Å². The molecule has 24 heavy (non-hydrogen) atoms. The number of carbonyl (C=O) groups excluding carboxylic acids is 2. The number of carbonyl (C=O) groups is 2. The van der Waals surface area contributed by atoms with Crippen LogP contribution in [0.2, 0.25) is 0 Å². The second-order valence-corrected chi connectivity index (χ2v) is 6.10. The molecule has 0 radical (unpaired) electrons. The summed E-state index contributed by atoms with van der Waals surface area (Å²) >= 11 is 0. The van der Waals surface area contributed by atoms with Gasteiger partial charge in [-0.15, -0.1) is 0 Å². The first-order valence-corrected chi connectivity index (χ1v) is 8.24. The zero-order valence-electron chi connectivity index (χ0n) is 13.8. The van der Waals surface area contributed by atoms with Gasteiger partial charge >= 0.3 is 0 Å². The van der Waals surface area contributed by atoms with E-state index in [1.54, 1.807) is 12.1 Å². The summed E-state index contributed by atoms with van der Waals surface area (Å²) < 4.78 is 11.3. The number of benzene rings is 1. The summed E-state index contributed by atoms with van der Waals surface area (Å²) in [6, 6.07) is 7.31. The van der Waals surface area contributed by atoms with Gasteiger partial charge in [-0.05, 0) is 18.2 Å². The number of ether oxygens (including phenoxy) is 2. The predicted octanol–water partition coefficient (Wildman–Crippen LogP) is 1.42. The molecule has 2 N–H and O–H groups in total. The fourth-order valence-corrected chi connectivity index (χ4v) is 3.08. The molecule has 1 aromatic rings. The highest BCUT2D eigenvalue weighted by Gasteiger charge is 2.40. The number of nitrogens with one attached hydrogen (secondary N) is 2. The summed E-state index contributed by atoms with van der Waals surface area (Å²) in [5.41, 5.74) is 1.50. The minimum Gasteiger partial charge on any atom is -0.376 e. The normalized spacial score (nSPS) is 19.3. The molecule has 2 amide bonds. The van der Waals surface area contributed by atoms with Crippen molar-refractivity contribution in [2.24, 2.45) is 0 Å². The molecule has 1 aromatic carbocycles. The molecule has 0 aromatic heterocycles. The fraction of sp³-hybridized carbons (Fsp3) is 0.529. The molecule has 0 unspecified atom stereocenters. The van der Waals surface area contributed by atoms with Gasteiger partial charge < -0.3 is 25.0 Å². The van der Waals surface area contributed by atoms with Crippen LogP contribution in [0.4, 0.5) is 11.4 Å². The van der Waals surface area contributed by atoms with Crippen molar-refractivity contribution in [3.8, 4) is 0 Å². The Morgan fingerprint density at radius 3 is 2.50 bits per heavy atom. The van der Waals surface area contributed by atoms with Gasteiger partial charge in [0.15, 0.2) is 5.79 Å². The number of nitrogens with zero attached hydrogens (tertiary/aromatic N) is 1. The number of hydrogen-bond donors (Lipinski definition) is 2. The summed E-state index contributed by atoms with van der Waals surface area (Å²) in [6.07, 6.45) is 1.44. The molecule has 2 aliphatic heterocycles. The highest BCUT2D eigenvalue weighted by atomic mass is 16.7. The molecule has 1 spiro atoms. The molecular weight excluding hydrogens is 310 g/mol. The van der Waals surface area contributed by atoms with Crippen LogP contribution in [-0.2, 0) is 19.1 Å². The predicted molar refractivity (Wildman–Crippen MR) is 89.7 cm³/mol. The maximum absolute atomic E-state index is 12.3. The van der Waals surface area contributed by atoms with Gasteiger partial charge in [-0.1, -0.05) is 6.07 Å². The topological polar surface area (TPSA) is 79.9 Å². The Hall–Kier alpha value is -2.12. The van der Waals surface area contributed by atoms with Crippen molar-refractivity contribution in [3.05, 3.63) is 24.3 Å². The van der Waals surface area contributed by atoms with Crippen molar-refractivity contribution in [1.82, 2.24) is 4.90 Å². The third kappa shape index (κ3) is 4.04. The van der Waals surface area contributed by atoms with E-state index in [2.05, 4.69) is 10.6 Å². The second kappa shape index (κ2) is 7.19. The van der Waals surface area contributed by atoms with Gasteiger partial charge in [0.1, 0.15) is 0 Å². The summed E-state index contributed by atoms with van der Waals surface area (Å²) in [7, 11) is 0. The Morgan fingerprint density at radius 2 is 1.83 bits per heavy atom. The van der Waals surface area contributed by atoms with Gasteiger partial charge in [-0.2, -0.15) is 0 Å². The van der Waals surface area contributed by atoms with Crippen LogP contribution in [0.15, 0.2) is 24.3 Å². The third-order valence-corrected chi connectivity index (χ3v) is 4.32. The van der Waals surface area contributed by atoms with Crippen LogP contribution in [-0.4, -0.2) is 55.3 Å². The maximum atomic E-state index is 12.3. The minimum atomic E-state index is -0.461. The van der Waals surface area contributed by atoms with Gasteiger partial charge in [0.2, 0.25) is 11.8 Å². The second-order valence-electron chi connectivity index (χ2n) is 6.10. The van der Waals surface area contributed by atoms with E-state index in [1.807, 2.05) is 17.0 Å². The lowest BCUT2D eigenvalue weighted by Gasteiger charge is -2.37. The Balaban J connectivity index is 1.48. The van der Waals surface area contributed by atoms with Gasteiger partial charge in [-0.3, -0.25) is 9.59 Å². The Kier molecular flexibility index (Phi) is 5.01. The number of hydrogen-bond acceptors (Lipinski definition) is 5. The number of piperidine rings is 1. The largest absolute Gasteiger partial charge is 0.376 e. The van der Waals surface area contributed by atoms with E-state index in [9.17, 15) is 9.59 Å². The van der Waals surface area contributed by atoms with Crippen LogP contribution in [0.3, 0.4) is 0 Å². The van der Waals surface area contributed by atoms with E-state index in [-0.39, 0.29) is 18.4 Å². The fourth-order valence-electron chi connectivity index (χ4n) is 3.08. The van der Waals surface area contributed by atoms with Crippen LogP contribution >= 0.6 is 0 Å². The van der Waals surface area contributed by atoms with Crippen LogP contribution in [0.5, 0.6) is 0 Å². The molecule has 7 nitrogen and oxygen atoms in total. The molecule has 0 aliphatic carbocycles. The quantitative estimate of drug-likeness (QED) is 0.871. The number of rotatable bonds is 4. The lowest BCUT2D eigenvalue weighted by molar-refractivity contribution is -0.187. The summed E-state index contributed by atoms with van der Waals surface area (Å²) in [5, 5.41) is 5.83. The van der Waals surface area contributed by atoms with E-state index in [4.69, 9.17) is 9.47 Å². The molecule has 7 heteroatoms. The monoisotopic (exact) mass is 333 g/mol. The zero-order valence-corrected chi connectivity index (χ0v) is 13.8. The van der Waals surface area contributed by atoms with Crippen molar-refractivity contribution in [3.63, 3.8) is 0 Å². The third-order valence-electron chi connectivity index (χ3n) is 4.32. The van der Waals surface area contributed by atoms with Crippen LogP contribution in [0.1, 0.15) is 19.8 Å². The van der Waals surface area contributed by atoms with Crippen molar-refractivity contribution < 1.29 is 19.1 Å². The molecule has 0 saturated carbocycles. The molecule has 0 atom stereocenters.